The first-order valence-electron chi connectivity index (χ1n) is 14.6. The van der Waals surface area contributed by atoms with Crippen molar-refractivity contribution < 1.29 is 28.3 Å². The first-order valence-corrected chi connectivity index (χ1v) is 14.6. The summed E-state index contributed by atoms with van der Waals surface area (Å²) < 4.78 is 11.6. The standard InChI is InChI=1S/C32H36N4O7/c1-19-22-8-3-5-11-26(22)43-29(19)31(40)34-23(9-4-6-12-28(38)42-2)30(39)35-24-10-7-15-36(32(24)41)18-27(37)33-25-17-20-13-14-21(25)16-20/h3,5-8,10-12,15,20-21,23,25H,4,9,13-14,16-18H2,1-2H3,(H,33,37)(H,34,40)(H,35,39)/b12-6+/t20?,21?,23-,25?/m0/s1. The first kappa shape index (κ1) is 29.8. The number of methoxy groups -OCH3 is 1. The van der Waals surface area contributed by atoms with Crippen molar-refractivity contribution in [2.45, 2.75) is 64.1 Å². The number of nitrogens with one attached hydrogen (secondary N) is 3. The third-order valence-corrected chi connectivity index (χ3v) is 8.43. The van der Waals surface area contributed by atoms with E-state index in [0.717, 1.165) is 24.6 Å². The van der Waals surface area contributed by atoms with Gasteiger partial charge in [-0.1, -0.05) is 30.7 Å². The molecule has 2 fully saturated rings. The van der Waals surface area contributed by atoms with Crippen molar-refractivity contribution in [3.63, 3.8) is 0 Å². The highest BCUT2D eigenvalue weighted by molar-refractivity contribution is 6.03. The minimum atomic E-state index is -1.07. The minimum Gasteiger partial charge on any atom is -0.466 e. The summed E-state index contributed by atoms with van der Waals surface area (Å²) in [4.78, 5) is 64.0. The minimum absolute atomic E-state index is 0.0236. The largest absolute Gasteiger partial charge is 0.466 e. The third kappa shape index (κ3) is 6.87. The predicted octanol–water partition coefficient (Wildman–Crippen LogP) is 3.45. The van der Waals surface area contributed by atoms with Crippen LogP contribution in [0.2, 0.25) is 0 Å². The van der Waals surface area contributed by atoms with Gasteiger partial charge in [-0.25, -0.2) is 4.79 Å². The van der Waals surface area contributed by atoms with Gasteiger partial charge in [0, 0.05) is 29.3 Å². The fourth-order valence-corrected chi connectivity index (χ4v) is 6.20. The van der Waals surface area contributed by atoms with E-state index in [-0.39, 0.29) is 42.8 Å². The molecule has 3 aromatic rings. The number of benzene rings is 1. The van der Waals surface area contributed by atoms with Crippen LogP contribution in [-0.2, 0) is 25.7 Å². The Labute approximate surface area is 248 Å². The summed E-state index contributed by atoms with van der Waals surface area (Å²) in [5, 5.41) is 9.18. The van der Waals surface area contributed by atoms with Gasteiger partial charge in [0.25, 0.3) is 11.5 Å². The Morgan fingerprint density at radius 1 is 1.12 bits per heavy atom. The van der Waals surface area contributed by atoms with Crippen molar-refractivity contribution in [1.29, 1.82) is 0 Å². The Hall–Kier alpha value is -4.67. The van der Waals surface area contributed by atoms with Crippen LogP contribution in [0.1, 0.15) is 54.6 Å². The summed E-state index contributed by atoms with van der Waals surface area (Å²) in [5.41, 5.74) is 0.612. The monoisotopic (exact) mass is 588 g/mol. The number of hydrogen-bond donors (Lipinski definition) is 3. The summed E-state index contributed by atoms with van der Waals surface area (Å²) in [6.45, 7) is 1.59. The molecular formula is C32H36N4O7. The number of hydrogen-bond acceptors (Lipinski definition) is 7. The van der Waals surface area contributed by atoms with Crippen molar-refractivity contribution in [2.24, 2.45) is 11.8 Å². The molecule has 226 valence electrons. The van der Waals surface area contributed by atoms with Crippen LogP contribution in [0.5, 0.6) is 0 Å². The molecule has 0 radical (unpaired) electrons. The van der Waals surface area contributed by atoms with Gasteiger partial charge < -0.3 is 29.7 Å². The van der Waals surface area contributed by atoms with Crippen molar-refractivity contribution in [3.8, 4) is 0 Å². The lowest BCUT2D eigenvalue weighted by molar-refractivity contribution is -0.134. The van der Waals surface area contributed by atoms with Crippen LogP contribution >= 0.6 is 0 Å². The lowest BCUT2D eigenvalue weighted by Crippen LogP contribution is -2.45. The van der Waals surface area contributed by atoms with E-state index >= 15 is 0 Å². The third-order valence-electron chi connectivity index (χ3n) is 8.43. The number of carbonyl (C=O) groups excluding carboxylic acids is 4. The van der Waals surface area contributed by atoms with Gasteiger partial charge in [0.15, 0.2) is 5.76 Å². The number of aromatic nitrogens is 1. The number of rotatable bonds is 11. The summed E-state index contributed by atoms with van der Waals surface area (Å²) >= 11 is 0. The number of esters is 1. The number of nitrogens with zero attached hydrogens (tertiary/aromatic N) is 1. The SMILES string of the molecule is COC(=O)/C=C/CC[C@H](NC(=O)c1oc2ccccc2c1C)C(=O)Nc1cccn(CC(=O)NC2CC3CCC2C3)c1=O. The number of pyridine rings is 1. The summed E-state index contributed by atoms with van der Waals surface area (Å²) in [6.07, 6.45) is 9.14. The fraction of sp³-hybridized carbons (Fsp3) is 0.406. The number of fused-ring (bicyclic) bond motifs is 3. The van der Waals surface area contributed by atoms with Crippen LogP contribution in [-0.4, -0.2) is 47.5 Å². The van der Waals surface area contributed by atoms with E-state index in [1.807, 2.05) is 12.1 Å². The Kier molecular flexibility index (Phi) is 9.08. The number of amides is 3. The highest BCUT2D eigenvalue weighted by Crippen LogP contribution is 2.44. The number of ether oxygens (including phenoxy) is 1. The maximum absolute atomic E-state index is 13.4. The average molecular weight is 589 g/mol. The maximum atomic E-state index is 13.4. The Morgan fingerprint density at radius 3 is 2.65 bits per heavy atom. The zero-order valence-corrected chi connectivity index (χ0v) is 24.3. The molecular weight excluding hydrogens is 552 g/mol. The molecule has 3 amide bonds. The number of furan rings is 1. The molecule has 5 rings (SSSR count). The van der Waals surface area contributed by atoms with Crippen LogP contribution in [0.4, 0.5) is 5.69 Å². The zero-order chi connectivity index (χ0) is 30.5. The highest BCUT2D eigenvalue weighted by atomic mass is 16.5. The van der Waals surface area contributed by atoms with Crippen LogP contribution < -0.4 is 21.5 Å². The molecule has 4 atom stereocenters. The first-order chi connectivity index (χ1) is 20.7. The van der Waals surface area contributed by atoms with Crippen molar-refractivity contribution in [1.82, 2.24) is 15.2 Å². The van der Waals surface area contributed by atoms with Crippen LogP contribution in [0.3, 0.4) is 0 Å². The molecule has 2 aliphatic rings. The van der Waals surface area contributed by atoms with Gasteiger partial charge in [0.2, 0.25) is 11.8 Å². The van der Waals surface area contributed by atoms with Gasteiger partial charge in [0.05, 0.1) is 7.11 Å². The van der Waals surface area contributed by atoms with E-state index < -0.39 is 29.4 Å². The van der Waals surface area contributed by atoms with Gasteiger partial charge in [-0.15, -0.1) is 0 Å². The highest BCUT2D eigenvalue weighted by Gasteiger charge is 2.40. The van der Waals surface area contributed by atoms with Gasteiger partial charge in [-0.3, -0.25) is 19.2 Å². The summed E-state index contributed by atoms with van der Waals surface area (Å²) in [7, 11) is 1.26. The second-order valence-corrected chi connectivity index (χ2v) is 11.3. The zero-order valence-electron chi connectivity index (χ0n) is 24.3. The lowest BCUT2D eigenvalue weighted by Gasteiger charge is -2.23. The lowest BCUT2D eigenvalue weighted by atomic mass is 9.95. The maximum Gasteiger partial charge on any atom is 0.330 e. The molecule has 0 saturated heterocycles. The quantitative estimate of drug-likeness (QED) is 0.229. The van der Waals surface area contributed by atoms with Crippen molar-refractivity contribution in [3.05, 3.63) is 76.4 Å². The number of allylic oxidation sites excluding steroid dienone is 1. The van der Waals surface area contributed by atoms with E-state index in [2.05, 4.69) is 20.7 Å². The van der Waals surface area contributed by atoms with Gasteiger partial charge in [0.1, 0.15) is 23.9 Å². The van der Waals surface area contributed by atoms with Crippen LogP contribution in [0.25, 0.3) is 11.0 Å². The van der Waals surface area contributed by atoms with Gasteiger partial charge >= 0.3 is 5.97 Å². The summed E-state index contributed by atoms with van der Waals surface area (Å²) in [6, 6.07) is 9.33. The molecule has 2 aromatic heterocycles. The van der Waals surface area contributed by atoms with Gasteiger partial charge in [-0.05, 0) is 69.1 Å². The Balaban J connectivity index is 1.28. The van der Waals surface area contributed by atoms with E-state index in [0.29, 0.717) is 23.0 Å². The molecule has 3 unspecified atom stereocenters. The molecule has 1 aromatic carbocycles. The second-order valence-electron chi connectivity index (χ2n) is 11.3. The Morgan fingerprint density at radius 2 is 1.93 bits per heavy atom. The smallest absolute Gasteiger partial charge is 0.330 e. The van der Waals surface area contributed by atoms with Crippen molar-refractivity contribution >= 4 is 40.3 Å². The average Bonchev–Trinajstić information content (AvgIpc) is 3.71. The van der Waals surface area contributed by atoms with Crippen LogP contribution in [0.15, 0.2) is 64.0 Å². The molecule has 11 heteroatoms. The molecule has 0 aliphatic heterocycles. The topological polar surface area (TPSA) is 149 Å². The predicted molar refractivity (Wildman–Crippen MR) is 159 cm³/mol. The Bertz CT molecular complexity index is 1620. The van der Waals surface area contributed by atoms with E-state index in [1.165, 1.54) is 42.5 Å². The van der Waals surface area contributed by atoms with E-state index in [4.69, 9.17) is 4.42 Å². The normalized spacial score (nSPS) is 19.8. The van der Waals surface area contributed by atoms with Gasteiger partial charge in [-0.2, -0.15) is 0 Å². The molecule has 2 bridgehead atoms. The molecule has 0 spiro atoms. The van der Waals surface area contributed by atoms with E-state index in [9.17, 15) is 24.0 Å². The van der Waals surface area contributed by atoms with E-state index in [1.54, 1.807) is 25.1 Å². The number of para-hydroxylation sites is 1. The fourth-order valence-electron chi connectivity index (χ4n) is 6.20. The molecule has 43 heavy (non-hydrogen) atoms. The van der Waals surface area contributed by atoms with Crippen molar-refractivity contribution in [2.75, 3.05) is 12.4 Å². The molecule has 3 N–H and O–H groups in total. The molecule has 2 saturated carbocycles. The number of anilines is 1. The number of aryl methyl sites for hydroxylation is 1. The summed E-state index contributed by atoms with van der Waals surface area (Å²) in [5.74, 6) is -0.744. The molecule has 2 aliphatic carbocycles. The number of carbonyl (C=O) groups is 4. The molecule has 11 nitrogen and oxygen atoms in total. The van der Waals surface area contributed by atoms with Crippen LogP contribution in [0, 0.1) is 18.8 Å². The molecule has 2 heterocycles. The second kappa shape index (κ2) is 13.1.